The fourth-order valence-corrected chi connectivity index (χ4v) is 2.95. The fourth-order valence-electron chi connectivity index (χ4n) is 2.95. The first-order valence-electron chi connectivity index (χ1n) is 9.47. The van der Waals surface area contributed by atoms with E-state index in [2.05, 4.69) is 20.6 Å². The molecule has 0 unspecified atom stereocenters. The fraction of sp³-hybridized carbons (Fsp3) is 0.450. The topological polar surface area (TPSA) is 82.8 Å². The molecule has 3 rings (SSSR count). The molecule has 27 heavy (non-hydrogen) atoms. The number of nitrogens with zero attached hydrogens (tertiary/aromatic N) is 3. The summed E-state index contributed by atoms with van der Waals surface area (Å²) in [4.78, 5) is 23.1. The zero-order valence-corrected chi connectivity index (χ0v) is 16.0. The van der Waals surface area contributed by atoms with Crippen LogP contribution in [0.5, 0.6) is 0 Å². The third kappa shape index (κ3) is 5.32. The number of aryl methyl sites for hydroxylation is 1. The number of likely N-dealkylation sites (tertiary alicyclic amines) is 1. The summed E-state index contributed by atoms with van der Waals surface area (Å²) in [7, 11) is 0. The third-order valence-electron chi connectivity index (χ3n) is 4.46. The van der Waals surface area contributed by atoms with Gasteiger partial charge >= 0.3 is 0 Å². The van der Waals surface area contributed by atoms with Gasteiger partial charge in [-0.25, -0.2) is 9.98 Å². The first-order chi connectivity index (χ1) is 13.2. The van der Waals surface area contributed by atoms with E-state index in [0.29, 0.717) is 18.4 Å². The van der Waals surface area contributed by atoms with Gasteiger partial charge in [-0.2, -0.15) is 0 Å². The van der Waals surface area contributed by atoms with Crippen LogP contribution in [-0.4, -0.2) is 47.9 Å². The lowest BCUT2D eigenvalue weighted by molar-refractivity contribution is -0.128. The predicted molar refractivity (Wildman–Crippen MR) is 105 cm³/mol. The zero-order valence-electron chi connectivity index (χ0n) is 16.0. The minimum atomic E-state index is 0.112. The van der Waals surface area contributed by atoms with Gasteiger partial charge in [-0.05, 0) is 38.8 Å². The number of aromatic nitrogens is 1. The highest BCUT2D eigenvalue weighted by atomic mass is 16.3. The van der Waals surface area contributed by atoms with Crippen LogP contribution >= 0.6 is 0 Å². The van der Waals surface area contributed by atoms with Crippen molar-refractivity contribution < 1.29 is 9.21 Å². The number of hydrogen-bond acceptors (Lipinski definition) is 4. The highest BCUT2D eigenvalue weighted by Gasteiger charge is 2.17. The van der Waals surface area contributed by atoms with Crippen molar-refractivity contribution in [3.63, 3.8) is 0 Å². The third-order valence-corrected chi connectivity index (χ3v) is 4.46. The largest absolute Gasteiger partial charge is 0.444 e. The quantitative estimate of drug-likeness (QED) is 0.603. The number of benzene rings is 1. The van der Waals surface area contributed by atoms with Crippen LogP contribution in [0, 0.1) is 6.92 Å². The van der Waals surface area contributed by atoms with Crippen molar-refractivity contribution in [2.45, 2.75) is 33.2 Å². The number of carbonyl (C=O) groups is 1. The highest BCUT2D eigenvalue weighted by molar-refractivity contribution is 5.86. The number of amides is 1. The van der Waals surface area contributed by atoms with E-state index in [9.17, 15) is 4.79 Å². The number of guanidine groups is 1. The van der Waals surface area contributed by atoms with E-state index in [1.165, 1.54) is 5.56 Å². The number of hydrogen-bond donors (Lipinski definition) is 2. The summed E-state index contributed by atoms with van der Waals surface area (Å²) in [5.41, 5.74) is 2.88. The van der Waals surface area contributed by atoms with Gasteiger partial charge in [0.1, 0.15) is 12.0 Å². The van der Waals surface area contributed by atoms with Crippen molar-refractivity contribution in [2.24, 2.45) is 4.99 Å². The molecule has 1 amide bonds. The Labute approximate surface area is 159 Å². The van der Waals surface area contributed by atoms with Crippen molar-refractivity contribution >= 4 is 11.9 Å². The molecule has 1 aromatic carbocycles. The summed E-state index contributed by atoms with van der Waals surface area (Å²) < 4.78 is 5.57. The Morgan fingerprint density at radius 2 is 1.96 bits per heavy atom. The molecule has 2 aromatic rings. The van der Waals surface area contributed by atoms with Crippen molar-refractivity contribution in [3.8, 4) is 11.5 Å². The zero-order chi connectivity index (χ0) is 19.1. The van der Waals surface area contributed by atoms with E-state index < -0.39 is 0 Å². The second-order valence-corrected chi connectivity index (χ2v) is 6.65. The molecule has 1 aliphatic heterocycles. The lowest BCUT2D eigenvalue weighted by Crippen LogP contribution is -2.44. The second kappa shape index (κ2) is 9.21. The number of aliphatic imine (C=N–C) groups is 1. The maximum absolute atomic E-state index is 12.2. The normalized spacial score (nSPS) is 14.4. The van der Waals surface area contributed by atoms with Gasteiger partial charge in [-0.3, -0.25) is 4.79 Å². The second-order valence-electron chi connectivity index (χ2n) is 6.65. The van der Waals surface area contributed by atoms with Gasteiger partial charge in [-0.15, -0.1) is 0 Å². The maximum atomic E-state index is 12.2. The molecule has 0 saturated carbocycles. The molecule has 1 aromatic heterocycles. The Morgan fingerprint density at radius 3 is 2.67 bits per heavy atom. The van der Waals surface area contributed by atoms with Crippen LogP contribution in [0.3, 0.4) is 0 Å². The Kier molecular flexibility index (Phi) is 6.46. The van der Waals surface area contributed by atoms with E-state index >= 15 is 0 Å². The van der Waals surface area contributed by atoms with Crippen molar-refractivity contribution in [1.29, 1.82) is 0 Å². The molecule has 0 radical (unpaired) electrons. The number of oxazole rings is 1. The van der Waals surface area contributed by atoms with E-state index in [-0.39, 0.29) is 12.5 Å². The molecule has 1 saturated heterocycles. The smallest absolute Gasteiger partial charge is 0.241 e. The number of carbonyl (C=O) groups excluding carboxylic acids is 1. The molecule has 0 atom stereocenters. The SMILES string of the molecule is CCNC(=NCc1coc(-c2ccc(C)cc2)n1)NCC(=O)N1CCCC1. The van der Waals surface area contributed by atoms with Crippen LogP contribution in [0.2, 0.25) is 0 Å². The number of nitrogens with one attached hydrogen (secondary N) is 2. The Morgan fingerprint density at radius 1 is 1.22 bits per heavy atom. The van der Waals surface area contributed by atoms with E-state index in [1.807, 2.05) is 43.0 Å². The van der Waals surface area contributed by atoms with E-state index in [4.69, 9.17) is 4.42 Å². The lowest BCUT2D eigenvalue weighted by atomic mass is 10.1. The average molecular weight is 369 g/mol. The van der Waals surface area contributed by atoms with E-state index in [0.717, 1.165) is 43.7 Å². The first-order valence-corrected chi connectivity index (χ1v) is 9.47. The molecular weight excluding hydrogens is 342 g/mol. The molecule has 7 nitrogen and oxygen atoms in total. The summed E-state index contributed by atoms with van der Waals surface area (Å²) in [6.07, 6.45) is 3.81. The molecule has 1 fully saturated rings. The van der Waals surface area contributed by atoms with Crippen LogP contribution in [0.4, 0.5) is 0 Å². The summed E-state index contributed by atoms with van der Waals surface area (Å²) in [5, 5.41) is 6.25. The first kappa shape index (κ1) is 18.9. The van der Waals surface area contributed by atoms with Gasteiger partial charge in [0, 0.05) is 25.2 Å². The van der Waals surface area contributed by atoms with E-state index in [1.54, 1.807) is 6.26 Å². The maximum Gasteiger partial charge on any atom is 0.241 e. The summed E-state index contributed by atoms with van der Waals surface area (Å²) in [6, 6.07) is 8.04. The minimum Gasteiger partial charge on any atom is -0.444 e. The van der Waals surface area contributed by atoms with Gasteiger partial charge in [-0.1, -0.05) is 17.7 Å². The summed E-state index contributed by atoms with van der Waals surface area (Å²) in [6.45, 7) is 7.09. The molecule has 2 N–H and O–H groups in total. The minimum absolute atomic E-state index is 0.112. The Bertz CT molecular complexity index is 776. The predicted octanol–water partition coefficient (Wildman–Crippen LogP) is 2.33. The van der Waals surface area contributed by atoms with Crippen LogP contribution in [0.1, 0.15) is 31.0 Å². The van der Waals surface area contributed by atoms with Crippen LogP contribution in [0.15, 0.2) is 39.9 Å². The van der Waals surface area contributed by atoms with Crippen molar-refractivity contribution in [2.75, 3.05) is 26.2 Å². The standard InChI is InChI=1S/C20H27N5O2/c1-3-21-20(23-13-18(26)25-10-4-5-11-25)22-12-17-14-27-19(24-17)16-8-6-15(2)7-9-16/h6-9,14H,3-5,10-13H2,1-2H3,(H2,21,22,23). The van der Waals surface area contributed by atoms with Crippen molar-refractivity contribution in [1.82, 2.24) is 20.5 Å². The van der Waals surface area contributed by atoms with Crippen molar-refractivity contribution in [3.05, 3.63) is 41.8 Å². The van der Waals surface area contributed by atoms with Gasteiger partial charge in [0.25, 0.3) is 0 Å². The highest BCUT2D eigenvalue weighted by Crippen LogP contribution is 2.19. The average Bonchev–Trinajstić information content (AvgIpc) is 3.36. The summed E-state index contributed by atoms with van der Waals surface area (Å²) >= 11 is 0. The lowest BCUT2D eigenvalue weighted by Gasteiger charge is -2.17. The molecule has 2 heterocycles. The Balaban J connectivity index is 1.57. The van der Waals surface area contributed by atoms with Gasteiger partial charge in [0.15, 0.2) is 5.96 Å². The van der Waals surface area contributed by atoms with Crippen LogP contribution < -0.4 is 10.6 Å². The molecule has 0 spiro atoms. The van der Waals surface area contributed by atoms with Gasteiger partial charge in [0.05, 0.1) is 13.1 Å². The number of rotatable bonds is 6. The molecule has 144 valence electrons. The molecule has 1 aliphatic rings. The van der Waals surface area contributed by atoms with Gasteiger partial charge in [0.2, 0.25) is 11.8 Å². The summed E-state index contributed by atoms with van der Waals surface area (Å²) in [5.74, 6) is 1.30. The van der Waals surface area contributed by atoms with Gasteiger partial charge < -0.3 is 20.0 Å². The molecular formula is C20H27N5O2. The monoisotopic (exact) mass is 369 g/mol. The molecule has 0 bridgehead atoms. The Hall–Kier alpha value is -2.83. The molecule has 7 heteroatoms. The van der Waals surface area contributed by atoms with Crippen LogP contribution in [-0.2, 0) is 11.3 Å². The van der Waals surface area contributed by atoms with Crippen LogP contribution in [0.25, 0.3) is 11.5 Å². The molecule has 0 aliphatic carbocycles.